The SMILES string of the molecule is CCN(C(=O)O)c1cc(NC(=O)Nc2ccc(C)c([N+](=O)[O-])c2)ccc1C. The average Bonchev–Trinajstić information content (AvgIpc) is 2.59. The van der Waals surface area contributed by atoms with E-state index in [1.807, 2.05) is 0 Å². The van der Waals surface area contributed by atoms with Gasteiger partial charge in [-0.3, -0.25) is 15.0 Å². The summed E-state index contributed by atoms with van der Waals surface area (Å²) in [5.41, 5.74) is 2.29. The van der Waals surface area contributed by atoms with Gasteiger partial charge in [0.05, 0.1) is 10.6 Å². The van der Waals surface area contributed by atoms with Gasteiger partial charge in [0, 0.05) is 29.5 Å². The number of urea groups is 1. The van der Waals surface area contributed by atoms with Crippen molar-refractivity contribution < 1.29 is 19.6 Å². The largest absolute Gasteiger partial charge is 0.465 e. The first-order chi connectivity index (χ1) is 12.7. The van der Waals surface area contributed by atoms with Crippen LogP contribution in [0.1, 0.15) is 18.1 Å². The molecule has 0 fully saturated rings. The molecule has 0 aliphatic heterocycles. The third-order valence-electron chi connectivity index (χ3n) is 3.97. The van der Waals surface area contributed by atoms with Crippen LogP contribution >= 0.6 is 0 Å². The number of nitrogens with one attached hydrogen (secondary N) is 2. The van der Waals surface area contributed by atoms with E-state index in [0.717, 1.165) is 5.56 Å². The van der Waals surface area contributed by atoms with Crippen LogP contribution in [0.15, 0.2) is 36.4 Å². The van der Waals surface area contributed by atoms with E-state index in [2.05, 4.69) is 10.6 Å². The van der Waals surface area contributed by atoms with E-state index in [9.17, 15) is 24.8 Å². The van der Waals surface area contributed by atoms with Crippen molar-refractivity contribution in [2.24, 2.45) is 0 Å². The first kappa shape index (κ1) is 19.7. The van der Waals surface area contributed by atoms with Gasteiger partial charge in [-0.05, 0) is 44.5 Å². The minimum absolute atomic E-state index is 0.0922. The summed E-state index contributed by atoms with van der Waals surface area (Å²) < 4.78 is 0. The Bertz CT molecular complexity index is 897. The lowest BCUT2D eigenvalue weighted by atomic mass is 10.1. The molecule has 0 saturated carbocycles. The van der Waals surface area contributed by atoms with E-state index in [1.54, 1.807) is 51.1 Å². The first-order valence-electron chi connectivity index (χ1n) is 8.17. The molecule has 3 amide bonds. The maximum Gasteiger partial charge on any atom is 0.411 e. The third kappa shape index (κ3) is 4.72. The summed E-state index contributed by atoms with van der Waals surface area (Å²) in [4.78, 5) is 35.2. The molecule has 0 aliphatic rings. The van der Waals surface area contributed by atoms with E-state index >= 15 is 0 Å². The van der Waals surface area contributed by atoms with Crippen molar-refractivity contribution in [2.75, 3.05) is 22.1 Å². The molecule has 9 heteroatoms. The van der Waals surface area contributed by atoms with Gasteiger partial charge in [-0.2, -0.15) is 0 Å². The van der Waals surface area contributed by atoms with Gasteiger partial charge < -0.3 is 15.7 Å². The Morgan fingerprint density at radius 2 is 1.63 bits per heavy atom. The summed E-state index contributed by atoms with van der Waals surface area (Å²) >= 11 is 0. The summed E-state index contributed by atoms with van der Waals surface area (Å²) in [7, 11) is 0. The van der Waals surface area contributed by atoms with Crippen molar-refractivity contribution in [3.63, 3.8) is 0 Å². The molecule has 2 aromatic rings. The third-order valence-corrected chi connectivity index (χ3v) is 3.97. The van der Waals surface area contributed by atoms with Crippen molar-refractivity contribution >= 4 is 34.9 Å². The number of hydrogen-bond donors (Lipinski definition) is 3. The number of nitro groups is 1. The Morgan fingerprint density at radius 1 is 1.07 bits per heavy atom. The standard InChI is InChI=1S/C18H20N4O5/c1-4-21(18(24)25)15-9-13(7-5-11(15)2)19-17(23)20-14-8-6-12(3)16(10-14)22(26)27/h5-10H,4H2,1-3H3,(H,24,25)(H2,19,20,23). The fourth-order valence-corrected chi connectivity index (χ4v) is 2.56. The molecule has 0 spiro atoms. The monoisotopic (exact) mass is 372 g/mol. The van der Waals surface area contributed by atoms with Gasteiger partial charge in [0.2, 0.25) is 0 Å². The zero-order valence-electron chi connectivity index (χ0n) is 15.1. The maximum atomic E-state index is 12.2. The van der Waals surface area contributed by atoms with Gasteiger partial charge in [-0.1, -0.05) is 12.1 Å². The Morgan fingerprint density at radius 3 is 2.15 bits per heavy atom. The molecule has 0 atom stereocenters. The number of aryl methyl sites for hydroxylation is 2. The highest BCUT2D eigenvalue weighted by Gasteiger charge is 2.16. The average molecular weight is 372 g/mol. The van der Waals surface area contributed by atoms with Gasteiger partial charge in [0.15, 0.2) is 0 Å². The summed E-state index contributed by atoms with van der Waals surface area (Å²) in [5.74, 6) is 0. The number of carbonyl (C=O) groups is 2. The highest BCUT2D eigenvalue weighted by molar-refractivity contribution is 6.00. The van der Waals surface area contributed by atoms with E-state index < -0.39 is 17.0 Å². The second-order valence-corrected chi connectivity index (χ2v) is 5.87. The number of carboxylic acid groups (broad SMARTS) is 1. The second kappa shape index (κ2) is 8.17. The van der Waals surface area contributed by atoms with Crippen LogP contribution in [0.5, 0.6) is 0 Å². The minimum atomic E-state index is -1.09. The summed E-state index contributed by atoms with van der Waals surface area (Å²) in [5, 5.41) is 25.4. The smallest absolute Gasteiger partial charge is 0.411 e. The highest BCUT2D eigenvalue weighted by atomic mass is 16.6. The van der Waals surface area contributed by atoms with Crippen LogP contribution in [0, 0.1) is 24.0 Å². The molecule has 9 nitrogen and oxygen atoms in total. The number of benzene rings is 2. The van der Waals surface area contributed by atoms with Crippen LogP contribution in [0.2, 0.25) is 0 Å². The Kier molecular flexibility index (Phi) is 5.96. The number of anilines is 3. The second-order valence-electron chi connectivity index (χ2n) is 5.87. The topological polar surface area (TPSA) is 125 Å². The Balaban J connectivity index is 2.18. The van der Waals surface area contributed by atoms with Crippen LogP contribution < -0.4 is 15.5 Å². The Labute approximate surface area is 155 Å². The van der Waals surface area contributed by atoms with Crippen molar-refractivity contribution in [1.29, 1.82) is 0 Å². The molecule has 0 saturated heterocycles. The van der Waals surface area contributed by atoms with Gasteiger partial charge in [0.25, 0.3) is 5.69 Å². The first-order valence-corrected chi connectivity index (χ1v) is 8.17. The summed E-state index contributed by atoms with van der Waals surface area (Å²) in [6, 6.07) is 8.69. The molecule has 3 N–H and O–H groups in total. The van der Waals surface area contributed by atoms with Gasteiger partial charge in [-0.25, -0.2) is 9.59 Å². The zero-order valence-corrected chi connectivity index (χ0v) is 15.1. The zero-order chi connectivity index (χ0) is 20.1. The lowest BCUT2D eigenvalue weighted by Gasteiger charge is -2.20. The maximum absolute atomic E-state index is 12.2. The summed E-state index contributed by atoms with van der Waals surface area (Å²) in [6.45, 7) is 5.36. The number of nitro benzene ring substituents is 1. The molecule has 0 heterocycles. The van der Waals surface area contributed by atoms with E-state index in [1.165, 1.54) is 11.0 Å². The molecule has 0 radical (unpaired) electrons. The van der Waals surface area contributed by atoms with Crippen LogP contribution in [0.25, 0.3) is 0 Å². The Hall–Kier alpha value is -3.62. The van der Waals surface area contributed by atoms with Crippen molar-refractivity contribution in [3.05, 3.63) is 57.6 Å². The summed E-state index contributed by atoms with van der Waals surface area (Å²) in [6.07, 6.45) is -1.09. The molecule has 2 rings (SSSR count). The van der Waals surface area contributed by atoms with Gasteiger partial charge >= 0.3 is 12.1 Å². The minimum Gasteiger partial charge on any atom is -0.465 e. The number of amides is 3. The molecule has 142 valence electrons. The van der Waals surface area contributed by atoms with Crippen LogP contribution in [0.3, 0.4) is 0 Å². The van der Waals surface area contributed by atoms with Gasteiger partial charge in [-0.15, -0.1) is 0 Å². The molecule has 27 heavy (non-hydrogen) atoms. The fraction of sp³-hybridized carbons (Fsp3) is 0.222. The molecular formula is C18H20N4O5. The predicted molar refractivity (Wildman–Crippen MR) is 103 cm³/mol. The van der Waals surface area contributed by atoms with Crippen molar-refractivity contribution in [2.45, 2.75) is 20.8 Å². The molecule has 2 aromatic carbocycles. The molecule has 0 aliphatic carbocycles. The van der Waals surface area contributed by atoms with Crippen LogP contribution in [-0.4, -0.2) is 28.7 Å². The molecule has 0 bridgehead atoms. The van der Waals surface area contributed by atoms with E-state index in [4.69, 9.17) is 0 Å². The van der Waals surface area contributed by atoms with Gasteiger partial charge in [0.1, 0.15) is 0 Å². The lowest BCUT2D eigenvalue weighted by molar-refractivity contribution is -0.385. The molecule has 0 unspecified atom stereocenters. The molecule has 0 aromatic heterocycles. The fourth-order valence-electron chi connectivity index (χ4n) is 2.56. The molecular weight excluding hydrogens is 352 g/mol. The number of carbonyl (C=O) groups excluding carboxylic acids is 1. The predicted octanol–water partition coefficient (Wildman–Crippen LogP) is 4.36. The van der Waals surface area contributed by atoms with Crippen molar-refractivity contribution in [1.82, 2.24) is 0 Å². The normalized spacial score (nSPS) is 10.2. The number of rotatable bonds is 5. The van der Waals surface area contributed by atoms with Crippen LogP contribution in [0.4, 0.5) is 32.3 Å². The lowest BCUT2D eigenvalue weighted by Crippen LogP contribution is -2.29. The van der Waals surface area contributed by atoms with Crippen molar-refractivity contribution in [3.8, 4) is 0 Å². The number of nitrogens with zero attached hydrogens (tertiary/aromatic N) is 2. The number of hydrogen-bond acceptors (Lipinski definition) is 4. The van der Waals surface area contributed by atoms with Crippen LogP contribution in [-0.2, 0) is 0 Å². The quantitative estimate of drug-likeness (QED) is 0.531. The highest BCUT2D eigenvalue weighted by Crippen LogP contribution is 2.25. The van der Waals surface area contributed by atoms with E-state index in [0.29, 0.717) is 16.9 Å². The van der Waals surface area contributed by atoms with E-state index in [-0.39, 0.29) is 17.9 Å².